The highest BCUT2D eigenvalue weighted by atomic mass is 127. The Labute approximate surface area is 125 Å². The zero-order chi connectivity index (χ0) is 14.0. The van der Waals surface area contributed by atoms with Crippen molar-refractivity contribution in [2.24, 2.45) is 7.05 Å². The van der Waals surface area contributed by atoms with Crippen LogP contribution in [0.3, 0.4) is 0 Å². The molecular formula is C13H15FIN3O. The standard InChI is InChI=1S/C13H15FIN3O/c1-8-10(13(19-3)18(2)17-8)7-16-12-5-4-9(14)6-11(12)15/h4-6,16H,7H2,1-3H3. The molecule has 0 unspecified atom stereocenters. The maximum absolute atomic E-state index is 13.0. The van der Waals surface area contributed by atoms with E-state index in [0.717, 1.165) is 26.4 Å². The van der Waals surface area contributed by atoms with E-state index in [1.807, 2.05) is 14.0 Å². The van der Waals surface area contributed by atoms with Crippen LogP contribution in [0.15, 0.2) is 18.2 Å². The average molecular weight is 375 g/mol. The zero-order valence-corrected chi connectivity index (χ0v) is 13.2. The number of methoxy groups -OCH3 is 1. The SMILES string of the molecule is COc1c(CNc2ccc(F)cc2I)c(C)nn1C. The third kappa shape index (κ3) is 2.99. The summed E-state index contributed by atoms with van der Waals surface area (Å²) >= 11 is 2.11. The Hall–Kier alpha value is -1.31. The van der Waals surface area contributed by atoms with E-state index in [-0.39, 0.29) is 5.82 Å². The van der Waals surface area contributed by atoms with Crippen molar-refractivity contribution in [2.45, 2.75) is 13.5 Å². The number of hydrogen-bond donors (Lipinski definition) is 1. The second-order valence-electron chi connectivity index (χ2n) is 4.17. The summed E-state index contributed by atoms with van der Waals surface area (Å²) in [4.78, 5) is 0. The first-order chi connectivity index (χ1) is 9.02. The van der Waals surface area contributed by atoms with Gasteiger partial charge >= 0.3 is 0 Å². The van der Waals surface area contributed by atoms with Crippen LogP contribution in [-0.2, 0) is 13.6 Å². The molecule has 1 N–H and O–H groups in total. The molecule has 0 aliphatic rings. The van der Waals surface area contributed by atoms with E-state index in [2.05, 4.69) is 33.0 Å². The molecule has 1 heterocycles. The van der Waals surface area contributed by atoms with E-state index >= 15 is 0 Å². The Balaban J connectivity index is 2.19. The van der Waals surface area contributed by atoms with Crippen molar-refractivity contribution in [3.05, 3.63) is 38.8 Å². The fraction of sp³-hybridized carbons (Fsp3) is 0.308. The smallest absolute Gasteiger partial charge is 0.216 e. The van der Waals surface area contributed by atoms with Crippen molar-refractivity contribution in [1.29, 1.82) is 0 Å². The molecule has 1 aromatic carbocycles. The summed E-state index contributed by atoms with van der Waals surface area (Å²) in [6.45, 7) is 2.53. The Kier molecular flexibility index (Phi) is 4.28. The van der Waals surface area contributed by atoms with Gasteiger partial charge in [0.05, 0.1) is 18.4 Å². The van der Waals surface area contributed by atoms with Crippen LogP contribution >= 0.6 is 22.6 Å². The Bertz CT molecular complexity index is 598. The molecule has 2 aromatic rings. The molecule has 0 bridgehead atoms. The van der Waals surface area contributed by atoms with Crippen molar-refractivity contribution in [1.82, 2.24) is 9.78 Å². The normalized spacial score (nSPS) is 10.6. The third-order valence-electron chi connectivity index (χ3n) is 2.87. The molecule has 0 amide bonds. The van der Waals surface area contributed by atoms with Crippen molar-refractivity contribution < 1.29 is 9.13 Å². The van der Waals surface area contributed by atoms with Gasteiger partial charge in [-0.2, -0.15) is 5.10 Å². The predicted octanol–water partition coefficient (Wildman–Crippen LogP) is 3.09. The van der Waals surface area contributed by atoms with Crippen LogP contribution in [0.5, 0.6) is 5.88 Å². The van der Waals surface area contributed by atoms with Crippen molar-refractivity contribution in [3.63, 3.8) is 0 Å². The van der Waals surface area contributed by atoms with Crippen molar-refractivity contribution in [2.75, 3.05) is 12.4 Å². The summed E-state index contributed by atoms with van der Waals surface area (Å²) in [6, 6.07) is 4.67. The molecule has 1 aromatic heterocycles. The van der Waals surface area contributed by atoms with Gasteiger partial charge in [-0.1, -0.05) is 0 Å². The van der Waals surface area contributed by atoms with Gasteiger partial charge in [-0.25, -0.2) is 9.07 Å². The number of nitrogens with one attached hydrogen (secondary N) is 1. The van der Waals surface area contributed by atoms with Gasteiger partial charge < -0.3 is 10.1 Å². The maximum Gasteiger partial charge on any atom is 0.216 e. The molecule has 2 rings (SSSR count). The summed E-state index contributed by atoms with van der Waals surface area (Å²) in [7, 11) is 3.47. The highest BCUT2D eigenvalue weighted by Gasteiger charge is 2.13. The van der Waals surface area contributed by atoms with E-state index in [0.29, 0.717) is 6.54 Å². The summed E-state index contributed by atoms with van der Waals surface area (Å²) in [5, 5.41) is 7.60. The first-order valence-corrected chi connectivity index (χ1v) is 6.86. The van der Waals surface area contributed by atoms with E-state index in [1.165, 1.54) is 12.1 Å². The molecule has 0 saturated heterocycles. The van der Waals surface area contributed by atoms with Crippen molar-refractivity contribution in [3.8, 4) is 5.88 Å². The molecule has 0 fully saturated rings. The number of benzene rings is 1. The van der Waals surface area contributed by atoms with Gasteiger partial charge in [0, 0.05) is 22.8 Å². The highest BCUT2D eigenvalue weighted by molar-refractivity contribution is 14.1. The van der Waals surface area contributed by atoms with Crippen LogP contribution in [0.4, 0.5) is 10.1 Å². The third-order valence-corrected chi connectivity index (χ3v) is 3.76. The van der Waals surface area contributed by atoms with Crippen LogP contribution in [0.25, 0.3) is 0 Å². The van der Waals surface area contributed by atoms with E-state index in [4.69, 9.17) is 4.74 Å². The quantitative estimate of drug-likeness (QED) is 0.835. The topological polar surface area (TPSA) is 39.1 Å². The van der Waals surface area contributed by atoms with Crippen LogP contribution < -0.4 is 10.1 Å². The van der Waals surface area contributed by atoms with Gasteiger partial charge in [0.15, 0.2) is 0 Å². The molecule has 0 aliphatic heterocycles. The van der Waals surface area contributed by atoms with Gasteiger partial charge in [0.25, 0.3) is 0 Å². The second-order valence-corrected chi connectivity index (χ2v) is 5.34. The number of hydrogen-bond acceptors (Lipinski definition) is 3. The largest absolute Gasteiger partial charge is 0.481 e. The lowest BCUT2D eigenvalue weighted by atomic mass is 10.2. The van der Waals surface area contributed by atoms with Crippen LogP contribution in [0, 0.1) is 16.3 Å². The van der Waals surface area contributed by atoms with Gasteiger partial charge in [0.1, 0.15) is 5.82 Å². The van der Waals surface area contributed by atoms with Crippen LogP contribution in [0.2, 0.25) is 0 Å². The van der Waals surface area contributed by atoms with Crippen molar-refractivity contribution >= 4 is 28.3 Å². The minimum absolute atomic E-state index is 0.231. The molecule has 0 aliphatic carbocycles. The molecule has 0 atom stereocenters. The van der Waals surface area contributed by atoms with E-state index < -0.39 is 0 Å². The van der Waals surface area contributed by atoms with Gasteiger partial charge in [-0.3, -0.25) is 0 Å². The first-order valence-electron chi connectivity index (χ1n) is 5.78. The number of rotatable bonds is 4. The lowest BCUT2D eigenvalue weighted by Crippen LogP contribution is -2.04. The number of aromatic nitrogens is 2. The molecule has 0 radical (unpaired) electrons. The molecule has 0 spiro atoms. The minimum Gasteiger partial charge on any atom is -0.481 e. The molecule has 19 heavy (non-hydrogen) atoms. The summed E-state index contributed by atoms with van der Waals surface area (Å²) < 4.78 is 20.9. The summed E-state index contributed by atoms with van der Waals surface area (Å²) in [6.07, 6.45) is 0. The molecular weight excluding hydrogens is 360 g/mol. The fourth-order valence-electron chi connectivity index (χ4n) is 1.96. The maximum atomic E-state index is 13.0. The van der Waals surface area contributed by atoms with E-state index in [9.17, 15) is 4.39 Å². The van der Waals surface area contributed by atoms with Crippen LogP contribution in [0.1, 0.15) is 11.3 Å². The number of aryl methyl sites for hydroxylation is 2. The first kappa shape index (κ1) is 14.1. The average Bonchev–Trinajstić information content (AvgIpc) is 2.62. The number of anilines is 1. The van der Waals surface area contributed by atoms with Gasteiger partial charge in [-0.05, 0) is 47.7 Å². The molecule has 6 heteroatoms. The highest BCUT2D eigenvalue weighted by Crippen LogP contribution is 2.24. The Morgan fingerprint density at radius 2 is 2.21 bits per heavy atom. The van der Waals surface area contributed by atoms with Gasteiger partial charge in [-0.15, -0.1) is 0 Å². The Morgan fingerprint density at radius 1 is 1.47 bits per heavy atom. The molecule has 4 nitrogen and oxygen atoms in total. The number of nitrogens with zero attached hydrogens (tertiary/aromatic N) is 2. The molecule has 102 valence electrons. The van der Waals surface area contributed by atoms with Gasteiger partial charge in [0.2, 0.25) is 5.88 Å². The summed E-state index contributed by atoms with van der Waals surface area (Å²) in [5.41, 5.74) is 2.82. The minimum atomic E-state index is -0.231. The molecule has 0 saturated carbocycles. The predicted molar refractivity (Wildman–Crippen MR) is 80.9 cm³/mol. The van der Waals surface area contributed by atoms with E-state index in [1.54, 1.807) is 17.9 Å². The monoisotopic (exact) mass is 375 g/mol. The fourth-order valence-corrected chi connectivity index (χ4v) is 2.62. The number of halogens is 2. The second kappa shape index (κ2) is 5.77. The Morgan fingerprint density at radius 3 is 2.84 bits per heavy atom. The lowest BCUT2D eigenvalue weighted by molar-refractivity contribution is 0.370. The number of ether oxygens (including phenoxy) is 1. The summed E-state index contributed by atoms with van der Waals surface area (Å²) in [5.74, 6) is 0.507. The zero-order valence-electron chi connectivity index (χ0n) is 11.0. The lowest BCUT2D eigenvalue weighted by Gasteiger charge is -2.10. The van der Waals surface area contributed by atoms with Crippen LogP contribution in [-0.4, -0.2) is 16.9 Å².